The average Bonchev–Trinajstić information content (AvgIpc) is 2.46. The highest BCUT2D eigenvalue weighted by Crippen LogP contribution is 2.11. The fraction of sp³-hybridized carbons (Fsp3) is 0.562. The molecule has 2 rings (SSSR count). The summed E-state index contributed by atoms with van der Waals surface area (Å²) in [7, 11) is 0. The van der Waals surface area contributed by atoms with Gasteiger partial charge in [-0.2, -0.15) is 12.6 Å². The van der Waals surface area contributed by atoms with Crippen LogP contribution in [0.3, 0.4) is 0 Å². The highest BCUT2D eigenvalue weighted by molar-refractivity contribution is 7.80. The lowest BCUT2D eigenvalue weighted by Crippen LogP contribution is -2.54. The van der Waals surface area contributed by atoms with E-state index in [-0.39, 0.29) is 24.3 Å². The van der Waals surface area contributed by atoms with Gasteiger partial charge in [-0.15, -0.1) is 0 Å². The molecule has 1 aromatic rings. The first kappa shape index (κ1) is 16.2. The van der Waals surface area contributed by atoms with Gasteiger partial charge in [-0.25, -0.2) is 4.79 Å². The summed E-state index contributed by atoms with van der Waals surface area (Å²) < 4.78 is 5.66. The monoisotopic (exact) mass is 308 g/mol. The third kappa shape index (κ3) is 4.93. The van der Waals surface area contributed by atoms with Crippen LogP contribution in [0.1, 0.15) is 19.4 Å². The van der Waals surface area contributed by atoms with Crippen LogP contribution in [0.15, 0.2) is 30.3 Å². The Hall–Kier alpha value is -1.20. The van der Waals surface area contributed by atoms with Crippen molar-refractivity contribution < 1.29 is 9.53 Å². The van der Waals surface area contributed by atoms with Crippen LogP contribution in [0.5, 0.6) is 0 Å². The molecule has 3 atom stereocenters. The van der Waals surface area contributed by atoms with E-state index in [1.54, 1.807) is 0 Å². The van der Waals surface area contributed by atoms with Crippen molar-refractivity contribution in [3.05, 3.63) is 35.9 Å². The molecule has 2 amide bonds. The number of thiol groups is 1. The molecule has 1 saturated heterocycles. The topological polar surface area (TPSA) is 41.6 Å². The molecule has 3 unspecified atom stereocenters. The first-order valence-electron chi connectivity index (χ1n) is 7.44. The van der Waals surface area contributed by atoms with Gasteiger partial charge in [0.1, 0.15) is 0 Å². The van der Waals surface area contributed by atoms with E-state index in [1.807, 2.05) is 36.9 Å². The molecule has 0 aliphatic carbocycles. The molecule has 1 aliphatic rings. The fourth-order valence-corrected chi connectivity index (χ4v) is 2.89. The summed E-state index contributed by atoms with van der Waals surface area (Å²) in [6.07, 6.45) is 0.970. The number of carbonyl (C=O) groups is 1. The Bertz CT molecular complexity index is 445. The number of nitrogens with zero attached hydrogens (tertiary/aromatic N) is 1. The molecular weight excluding hydrogens is 284 g/mol. The minimum atomic E-state index is -0.0213. The average molecular weight is 308 g/mol. The van der Waals surface area contributed by atoms with E-state index in [4.69, 9.17) is 4.74 Å². The SMILES string of the molecule is CC1CN(C(=O)NC(CS)Cc2ccccc2)CC(C)O1. The molecule has 21 heavy (non-hydrogen) atoms. The molecule has 1 aliphatic heterocycles. The van der Waals surface area contributed by atoms with Gasteiger partial charge in [0.15, 0.2) is 0 Å². The number of hydrogen-bond acceptors (Lipinski definition) is 3. The van der Waals surface area contributed by atoms with E-state index in [1.165, 1.54) is 5.56 Å². The molecule has 1 aromatic carbocycles. The molecule has 1 heterocycles. The lowest BCUT2D eigenvalue weighted by atomic mass is 10.1. The number of rotatable bonds is 4. The minimum absolute atomic E-state index is 0.0213. The van der Waals surface area contributed by atoms with E-state index < -0.39 is 0 Å². The van der Waals surface area contributed by atoms with E-state index in [2.05, 4.69) is 30.1 Å². The molecule has 0 aromatic heterocycles. The van der Waals surface area contributed by atoms with Gasteiger partial charge in [0, 0.05) is 24.9 Å². The second kappa shape index (κ2) is 7.71. The van der Waals surface area contributed by atoms with Gasteiger partial charge >= 0.3 is 6.03 Å². The summed E-state index contributed by atoms with van der Waals surface area (Å²) in [6, 6.07) is 10.2. The van der Waals surface area contributed by atoms with Crippen molar-refractivity contribution >= 4 is 18.7 Å². The highest BCUT2D eigenvalue weighted by atomic mass is 32.1. The second-order valence-corrected chi connectivity index (χ2v) is 6.05. The van der Waals surface area contributed by atoms with Crippen LogP contribution < -0.4 is 5.32 Å². The van der Waals surface area contributed by atoms with Gasteiger partial charge in [0.2, 0.25) is 0 Å². The molecule has 116 valence electrons. The van der Waals surface area contributed by atoms with Crippen LogP contribution in [-0.4, -0.2) is 48.0 Å². The molecule has 0 bridgehead atoms. The molecule has 4 nitrogen and oxygen atoms in total. The summed E-state index contributed by atoms with van der Waals surface area (Å²) in [4.78, 5) is 14.2. The Morgan fingerprint density at radius 1 is 1.33 bits per heavy atom. The van der Waals surface area contributed by atoms with Crippen molar-refractivity contribution in [2.45, 2.75) is 38.5 Å². The first-order chi connectivity index (χ1) is 10.1. The largest absolute Gasteiger partial charge is 0.372 e. The zero-order chi connectivity index (χ0) is 15.2. The third-order valence-electron chi connectivity index (χ3n) is 3.58. The predicted octanol–water partition coefficient (Wildman–Crippen LogP) is 2.35. The van der Waals surface area contributed by atoms with Crippen molar-refractivity contribution in [1.82, 2.24) is 10.2 Å². The minimum Gasteiger partial charge on any atom is -0.372 e. The smallest absolute Gasteiger partial charge is 0.317 e. The first-order valence-corrected chi connectivity index (χ1v) is 8.07. The van der Waals surface area contributed by atoms with Gasteiger partial charge in [0.25, 0.3) is 0 Å². The Balaban J connectivity index is 1.90. The van der Waals surface area contributed by atoms with Crippen LogP contribution in [0.25, 0.3) is 0 Å². The lowest BCUT2D eigenvalue weighted by Gasteiger charge is -2.36. The molecule has 1 N–H and O–H groups in total. The number of urea groups is 1. The zero-order valence-corrected chi connectivity index (χ0v) is 13.6. The molecule has 0 radical (unpaired) electrons. The summed E-state index contributed by atoms with van der Waals surface area (Å²) in [5.41, 5.74) is 1.21. The number of benzene rings is 1. The van der Waals surface area contributed by atoms with Gasteiger partial charge in [-0.1, -0.05) is 30.3 Å². The quantitative estimate of drug-likeness (QED) is 0.838. The van der Waals surface area contributed by atoms with Gasteiger partial charge < -0.3 is 15.0 Å². The standard InChI is InChI=1S/C16H24N2O2S/c1-12-9-18(10-13(2)20-12)16(19)17-15(11-21)8-14-6-4-3-5-7-14/h3-7,12-13,15,21H,8-11H2,1-2H3,(H,17,19). The van der Waals surface area contributed by atoms with Crippen molar-refractivity contribution in [3.8, 4) is 0 Å². The van der Waals surface area contributed by atoms with Crippen molar-refractivity contribution in [1.29, 1.82) is 0 Å². The van der Waals surface area contributed by atoms with E-state index >= 15 is 0 Å². The number of ether oxygens (including phenoxy) is 1. The van der Waals surface area contributed by atoms with Gasteiger partial charge in [0.05, 0.1) is 12.2 Å². The number of hydrogen-bond donors (Lipinski definition) is 2. The van der Waals surface area contributed by atoms with Crippen LogP contribution in [0.4, 0.5) is 4.79 Å². The maximum Gasteiger partial charge on any atom is 0.317 e. The van der Waals surface area contributed by atoms with Crippen LogP contribution in [0, 0.1) is 0 Å². The summed E-state index contributed by atoms with van der Waals surface area (Å²) in [6.45, 7) is 5.27. The molecule has 0 spiro atoms. The molecule has 0 saturated carbocycles. The van der Waals surface area contributed by atoms with E-state index in [9.17, 15) is 4.79 Å². The number of nitrogens with one attached hydrogen (secondary N) is 1. The highest BCUT2D eigenvalue weighted by Gasteiger charge is 2.26. The van der Waals surface area contributed by atoms with Crippen LogP contribution in [-0.2, 0) is 11.2 Å². The van der Waals surface area contributed by atoms with Crippen LogP contribution in [0.2, 0.25) is 0 Å². The van der Waals surface area contributed by atoms with E-state index in [0.717, 1.165) is 6.42 Å². The maximum absolute atomic E-state index is 12.4. The molecule has 5 heteroatoms. The summed E-state index contributed by atoms with van der Waals surface area (Å²) in [5.74, 6) is 0.621. The van der Waals surface area contributed by atoms with Crippen molar-refractivity contribution in [2.75, 3.05) is 18.8 Å². The number of amides is 2. The summed E-state index contributed by atoms with van der Waals surface area (Å²) >= 11 is 4.36. The van der Waals surface area contributed by atoms with E-state index in [0.29, 0.717) is 18.8 Å². The Morgan fingerprint density at radius 2 is 1.95 bits per heavy atom. The fourth-order valence-electron chi connectivity index (χ4n) is 2.67. The Kier molecular flexibility index (Phi) is 5.94. The maximum atomic E-state index is 12.4. The second-order valence-electron chi connectivity index (χ2n) is 5.68. The van der Waals surface area contributed by atoms with Crippen molar-refractivity contribution in [2.24, 2.45) is 0 Å². The number of carbonyl (C=O) groups excluding carboxylic acids is 1. The van der Waals surface area contributed by atoms with Gasteiger partial charge in [-0.05, 0) is 25.8 Å². The molecule has 1 fully saturated rings. The summed E-state index contributed by atoms with van der Waals surface area (Å²) in [5, 5.41) is 3.08. The zero-order valence-electron chi connectivity index (χ0n) is 12.7. The molecular formula is C16H24N2O2S. The number of morpholine rings is 1. The van der Waals surface area contributed by atoms with Crippen LogP contribution >= 0.6 is 12.6 Å². The third-order valence-corrected chi connectivity index (χ3v) is 4.02. The Morgan fingerprint density at radius 3 is 2.52 bits per heavy atom. The van der Waals surface area contributed by atoms with Crippen molar-refractivity contribution in [3.63, 3.8) is 0 Å². The lowest BCUT2D eigenvalue weighted by molar-refractivity contribution is -0.0547. The van der Waals surface area contributed by atoms with Gasteiger partial charge in [-0.3, -0.25) is 0 Å². The Labute approximate surface area is 132 Å². The predicted molar refractivity (Wildman–Crippen MR) is 87.9 cm³/mol. The normalized spacial score (nSPS) is 23.7.